The number of hydrogen-bond acceptors (Lipinski definition) is 5. The summed E-state index contributed by atoms with van der Waals surface area (Å²) in [6, 6.07) is 9.31. The van der Waals surface area contributed by atoms with Gasteiger partial charge in [0.25, 0.3) is 0 Å². The second-order valence-electron chi connectivity index (χ2n) is 4.46. The Morgan fingerprint density at radius 3 is 2.62 bits per heavy atom. The lowest BCUT2D eigenvalue weighted by molar-refractivity contribution is 0.863. The first-order valence-corrected chi connectivity index (χ1v) is 6.73. The number of rotatable bonds is 2. The van der Waals surface area contributed by atoms with E-state index in [4.69, 9.17) is 22.6 Å². The van der Waals surface area contributed by atoms with Gasteiger partial charge in [-0.05, 0) is 24.1 Å². The Kier molecular flexibility index (Phi) is 3.20. The van der Waals surface area contributed by atoms with Crippen LogP contribution in [0.5, 0.6) is 0 Å². The van der Waals surface area contributed by atoms with Crippen LogP contribution in [0.2, 0.25) is 5.02 Å². The first kappa shape index (κ1) is 13.3. The van der Waals surface area contributed by atoms with E-state index < -0.39 is 0 Å². The fourth-order valence-electron chi connectivity index (χ4n) is 2.20. The highest BCUT2D eigenvalue weighted by Gasteiger charge is 2.18. The third-order valence-corrected chi connectivity index (χ3v) is 3.47. The summed E-state index contributed by atoms with van der Waals surface area (Å²) in [6.07, 6.45) is 0.711. The molecule has 0 fully saturated rings. The van der Waals surface area contributed by atoms with Gasteiger partial charge in [0.15, 0.2) is 11.5 Å². The fraction of sp³-hybridized carbons (Fsp3) is 0.143. The molecular formula is C14H11ClN6. The molecule has 104 valence electrons. The molecule has 0 unspecified atom stereocenters. The van der Waals surface area contributed by atoms with Gasteiger partial charge in [0, 0.05) is 5.02 Å². The number of nitrogens with zero attached hydrogens (tertiary/aromatic N) is 5. The van der Waals surface area contributed by atoms with Crippen LogP contribution in [0.4, 0.5) is 5.82 Å². The smallest absolute Gasteiger partial charge is 0.205 e. The third-order valence-electron chi connectivity index (χ3n) is 3.22. The van der Waals surface area contributed by atoms with Crippen LogP contribution in [0.25, 0.3) is 16.8 Å². The number of nitrogen functional groups attached to an aromatic ring is 1. The van der Waals surface area contributed by atoms with Crippen LogP contribution in [-0.2, 0) is 6.42 Å². The summed E-state index contributed by atoms with van der Waals surface area (Å²) in [5, 5.41) is 22.0. The van der Waals surface area contributed by atoms with Gasteiger partial charge < -0.3 is 5.73 Å². The molecule has 0 aliphatic carbocycles. The molecular weight excluding hydrogens is 288 g/mol. The van der Waals surface area contributed by atoms with E-state index in [0.717, 1.165) is 16.8 Å². The van der Waals surface area contributed by atoms with E-state index in [0.29, 0.717) is 17.1 Å². The van der Waals surface area contributed by atoms with Gasteiger partial charge in [0.05, 0.1) is 11.3 Å². The van der Waals surface area contributed by atoms with Gasteiger partial charge in [-0.1, -0.05) is 30.7 Å². The summed E-state index contributed by atoms with van der Waals surface area (Å²) >= 11 is 5.92. The van der Waals surface area contributed by atoms with Crippen LogP contribution in [0, 0.1) is 11.3 Å². The summed E-state index contributed by atoms with van der Waals surface area (Å²) in [5.41, 5.74) is 9.16. The quantitative estimate of drug-likeness (QED) is 0.784. The van der Waals surface area contributed by atoms with Crippen molar-refractivity contribution in [2.75, 3.05) is 5.73 Å². The standard InChI is InChI=1S/C14H11ClN6/c1-2-10-12(8-3-5-9(15)6-4-8)14-19-18-11(7-16)13(17)21(14)20-10/h3-6H,2,17H2,1H3. The van der Waals surface area contributed by atoms with Crippen LogP contribution < -0.4 is 5.73 Å². The highest BCUT2D eigenvalue weighted by molar-refractivity contribution is 6.30. The zero-order valence-electron chi connectivity index (χ0n) is 11.2. The second-order valence-corrected chi connectivity index (χ2v) is 4.90. The molecule has 1 aromatic carbocycles. The van der Waals surface area contributed by atoms with Crippen LogP contribution in [0.3, 0.4) is 0 Å². The van der Waals surface area contributed by atoms with Crippen LogP contribution in [0.15, 0.2) is 24.3 Å². The number of aromatic nitrogens is 4. The molecule has 0 aliphatic rings. The summed E-state index contributed by atoms with van der Waals surface area (Å²) in [4.78, 5) is 0. The van der Waals surface area contributed by atoms with Crippen molar-refractivity contribution in [1.29, 1.82) is 5.26 Å². The molecule has 0 aliphatic heterocycles. The summed E-state index contributed by atoms with van der Waals surface area (Å²) in [7, 11) is 0. The van der Waals surface area contributed by atoms with Gasteiger partial charge in [0.2, 0.25) is 5.69 Å². The highest BCUT2D eigenvalue weighted by Crippen LogP contribution is 2.29. The molecule has 0 radical (unpaired) electrons. The summed E-state index contributed by atoms with van der Waals surface area (Å²) < 4.78 is 1.47. The number of nitriles is 1. The molecule has 2 heterocycles. The lowest BCUT2D eigenvalue weighted by Gasteiger charge is -2.02. The number of hydrogen-bond donors (Lipinski definition) is 1. The average Bonchev–Trinajstić information content (AvgIpc) is 2.88. The molecule has 21 heavy (non-hydrogen) atoms. The van der Waals surface area contributed by atoms with Crippen LogP contribution >= 0.6 is 11.6 Å². The molecule has 0 amide bonds. The number of nitrogens with two attached hydrogens (primary N) is 1. The number of benzene rings is 1. The molecule has 3 aromatic rings. The van der Waals surface area contributed by atoms with Gasteiger partial charge in [-0.15, -0.1) is 10.2 Å². The normalized spacial score (nSPS) is 10.7. The first-order valence-electron chi connectivity index (χ1n) is 6.35. The first-order chi connectivity index (χ1) is 10.2. The Morgan fingerprint density at radius 2 is 2.00 bits per heavy atom. The molecule has 6 nitrogen and oxygen atoms in total. The van der Waals surface area contributed by atoms with Crippen molar-refractivity contribution >= 4 is 23.1 Å². The minimum Gasteiger partial charge on any atom is -0.381 e. The van der Waals surface area contributed by atoms with E-state index in [1.807, 2.05) is 25.1 Å². The maximum atomic E-state index is 8.97. The fourth-order valence-corrected chi connectivity index (χ4v) is 2.33. The van der Waals surface area contributed by atoms with E-state index in [1.165, 1.54) is 4.52 Å². The van der Waals surface area contributed by atoms with Crippen molar-refractivity contribution in [2.45, 2.75) is 13.3 Å². The number of halogens is 1. The van der Waals surface area contributed by atoms with Gasteiger partial charge in [-0.3, -0.25) is 0 Å². The topological polar surface area (TPSA) is 92.9 Å². The maximum Gasteiger partial charge on any atom is 0.205 e. The van der Waals surface area contributed by atoms with Gasteiger partial charge in [0.1, 0.15) is 6.07 Å². The molecule has 0 saturated carbocycles. The number of anilines is 1. The molecule has 0 spiro atoms. The number of fused-ring (bicyclic) bond motifs is 1. The van der Waals surface area contributed by atoms with Crippen molar-refractivity contribution in [1.82, 2.24) is 19.8 Å². The minimum atomic E-state index is 0.0651. The Balaban J connectivity index is 2.34. The van der Waals surface area contributed by atoms with Crippen LogP contribution in [0.1, 0.15) is 18.3 Å². The predicted molar refractivity (Wildman–Crippen MR) is 79.7 cm³/mol. The second kappa shape index (κ2) is 5.04. The summed E-state index contributed by atoms with van der Waals surface area (Å²) in [5.74, 6) is 0.192. The molecule has 0 atom stereocenters. The van der Waals surface area contributed by atoms with Gasteiger partial charge >= 0.3 is 0 Å². The van der Waals surface area contributed by atoms with Crippen molar-refractivity contribution in [3.8, 4) is 17.2 Å². The zero-order chi connectivity index (χ0) is 15.0. The zero-order valence-corrected chi connectivity index (χ0v) is 12.0. The Bertz CT molecular complexity index is 860. The van der Waals surface area contributed by atoms with Gasteiger partial charge in [-0.2, -0.15) is 14.9 Å². The van der Waals surface area contributed by atoms with E-state index in [2.05, 4.69) is 15.3 Å². The molecule has 0 bridgehead atoms. The van der Waals surface area contributed by atoms with Crippen LogP contribution in [-0.4, -0.2) is 19.8 Å². The summed E-state index contributed by atoms with van der Waals surface area (Å²) in [6.45, 7) is 2.00. The van der Waals surface area contributed by atoms with E-state index in [9.17, 15) is 0 Å². The van der Waals surface area contributed by atoms with Crippen molar-refractivity contribution in [3.05, 3.63) is 40.7 Å². The van der Waals surface area contributed by atoms with E-state index in [1.54, 1.807) is 12.1 Å². The highest BCUT2D eigenvalue weighted by atomic mass is 35.5. The lowest BCUT2D eigenvalue weighted by Crippen LogP contribution is -2.06. The Hall–Kier alpha value is -2.65. The SMILES string of the molecule is CCc1nn2c(N)c(C#N)nnc2c1-c1ccc(Cl)cc1. The third kappa shape index (κ3) is 2.08. The van der Waals surface area contributed by atoms with Crippen molar-refractivity contribution in [2.24, 2.45) is 0 Å². The predicted octanol–water partition coefficient (Wildman–Crippen LogP) is 2.46. The molecule has 7 heteroatoms. The number of aryl methyl sites for hydroxylation is 1. The monoisotopic (exact) mass is 298 g/mol. The minimum absolute atomic E-state index is 0.0651. The maximum absolute atomic E-state index is 8.97. The lowest BCUT2D eigenvalue weighted by atomic mass is 10.0. The largest absolute Gasteiger partial charge is 0.381 e. The van der Waals surface area contributed by atoms with Crippen molar-refractivity contribution < 1.29 is 0 Å². The molecule has 2 N–H and O–H groups in total. The molecule has 3 rings (SSSR count). The van der Waals surface area contributed by atoms with Crippen molar-refractivity contribution in [3.63, 3.8) is 0 Å². The van der Waals surface area contributed by atoms with Gasteiger partial charge in [-0.25, -0.2) is 0 Å². The van der Waals surface area contributed by atoms with E-state index in [-0.39, 0.29) is 11.5 Å². The molecule has 0 saturated heterocycles. The Labute approximate surface area is 125 Å². The average molecular weight is 299 g/mol. The molecule has 2 aromatic heterocycles. The van der Waals surface area contributed by atoms with E-state index >= 15 is 0 Å². The Morgan fingerprint density at radius 1 is 1.29 bits per heavy atom.